The number of hydrogen-bond acceptors (Lipinski definition) is 5. The third-order valence-corrected chi connectivity index (χ3v) is 4.15. The van der Waals surface area contributed by atoms with Crippen molar-refractivity contribution in [1.82, 2.24) is 4.90 Å². The average Bonchev–Trinajstić information content (AvgIpc) is 2.67. The maximum atomic E-state index is 13.0. The lowest BCUT2D eigenvalue weighted by atomic mass is 9.94. The second-order valence-corrected chi connectivity index (χ2v) is 7.62. The summed E-state index contributed by atoms with van der Waals surface area (Å²) in [5, 5.41) is 11.2. The van der Waals surface area contributed by atoms with E-state index in [0.29, 0.717) is 11.1 Å². The summed E-state index contributed by atoms with van der Waals surface area (Å²) in [6.07, 6.45) is -1.77. The summed E-state index contributed by atoms with van der Waals surface area (Å²) in [6.45, 7) is 6.80. The molecule has 0 spiro atoms. The number of hydrogen-bond donors (Lipinski definition) is 1. The highest BCUT2D eigenvalue weighted by Gasteiger charge is 2.36. The maximum Gasteiger partial charge on any atom is 0.411 e. The Kier molecular flexibility index (Phi) is 7.79. The molecule has 0 saturated heterocycles. The van der Waals surface area contributed by atoms with E-state index < -0.39 is 29.8 Å². The maximum absolute atomic E-state index is 13.0. The van der Waals surface area contributed by atoms with Gasteiger partial charge in [-0.1, -0.05) is 60.7 Å². The van der Waals surface area contributed by atoms with Gasteiger partial charge in [-0.3, -0.25) is 9.69 Å². The Balaban J connectivity index is 2.49. The smallest absolute Gasteiger partial charge is 0.411 e. The molecule has 0 bridgehead atoms. The fourth-order valence-corrected chi connectivity index (χ4v) is 2.96. The van der Waals surface area contributed by atoms with Crippen LogP contribution in [0.3, 0.4) is 0 Å². The lowest BCUT2D eigenvalue weighted by Crippen LogP contribution is -2.44. The number of rotatable bonds is 7. The Morgan fingerprint density at radius 3 is 1.97 bits per heavy atom. The third-order valence-electron chi connectivity index (χ3n) is 4.15. The molecular formula is C23H29NO5. The van der Waals surface area contributed by atoms with Crippen molar-refractivity contribution in [2.75, 3.05) is 13.2 Å². The molecule has 2 aromatic carbocycles. The molecule has 0 radical (unpaired) electrons. The molecule has 0 heterocycles. The predicted molar refractivity (Wildman–Crippen MR) is 110 cm³/mol. The second-order valence-electron chi connectivity index (χ2n) is 7.62. The van der Waals surface area contributed by atoms with Gasteiger partial charge in [-0.15, -0.1) is 0 Å². The van der Waals surface area contributed by atoms with Crippen LogP contribution in [0.4, 0.5) is 4.79 Å². The summed E-state index contributed by atoms with van der Waals surface area (Å²) in [4.78, 5) is 26.5. The molecule has 0 aromatic heterocycles. The molecule has 1 N–H and O–H groups in total. The van der Waals surface area contributed by atoms with Gasteiger partial charge in [-0.25, -0.2) is 4.79 Å². The van der Waals surface area contributed by atoms with Crippen LogP contribution in [0.5, 0.6) is 0 Å². The number of carbonyl (C=O) groups is 2. The normalized spacial score (nSPS) is 13.3. The number of aliphatic hydroxyl groups is 1. The van der Waals surface area contributed by atoms with E-state index >= 15 is 0 Å². The van der Waals surface area contributed by atoms with E-state index in [2.05, 4.69) is 0 Å². The first-order valence-electron chi connectivity index (χ1n) is 9.66. The van der Waals surface area contributed by atoms with E-state index in [1.54, 1.807) is 52.0 Å². The Labute approximate surface area is 172 Å². The molecule has 1 amide bonds. The molecule has 0 fully saturated rings. The van der Waals surface area contributed by atoms with Gasteiger partial charge in [0.1, 0.15) is 18.2 Å². The summed E-state index contributed by atoms with van der Waals surface area (Å²) in [5.41, 5.74) is 0.543. The third kappa shape index (κ3) is 6.61. The SMILES string of the molecule is CCOC(=O)CN(C(=O)OC(C)(C)C)[C@H](c1ccccc1)[C@@H](O)c1ccccc1. The lowest BCUT2D eigenvalue weighted by molar-refractivity contribution is -0.145. The van der Waals surface area contributed by atoms with Gasteiger partial charge in [0.05, 0.1) is 12.6 Å². The molecule has 0 aliphatic rings. The van der Waals surface area contributed by atoms with Crippen LogP contribution in [-0.4, -0.2) is 40.8 Å². The summed E-state index contributed by atoms with van der Waals surface area (Å²) in [5.74, 6) is -0.570. The van der Waals surface area contributed by atoms with Crippen LogP contribution in [0.1, 0.15) is 51.0 Å². The van der Waals surface area contributed by atoms with Crippen LogP contribution in [0.15, 0.2) is 60.7 Å². The zero-order valence-corrected chi connectivity index (χ0v) is 17.4. The molecule has 2 aromatic rings. The van der Waals surface area contributed by atoms with Crippen molar-refractivity contribution in [2.45, 2.75) is 45.4 Å². The van der Waals surface area contributed by atoms with Crippen LogP contribution in [0.25, 0.3) is 0 Å². The number of ether oxygens (including phenoxy) is 2. The van der Waals surface area contributed by atoms with E-state index in [4.69, 9.17) is 9.47 Å². The Morgan fingerprint density at radius 2 is 1.48 bits per heavy atom. The Morgan fingerprint density at radius 1 is 0.966 bits per heavy atom. The molecular weight excluding hydrogens is 370 g/mol. The van der Waals surface area contributed by atoms with Gasteiger partial charge in [0.25, 0.3) is 0 Å². The van der Waals surface area contributed by atoms with Gasteiger partial charge in [0.2, 0.25) is 0 Å². The quantitative estimate of drug-likeness (QED) is 0.704. The monoisotopic (exact) mass is 399 g/mol. The molecule has 156 valence electrons. The summed E-state index contributed by atoms with van der Waals surface area (Å²) in [6, 6.07) is 17.3. The fraction of sp³-hybridized carbons (Fsp3) is 0.391. The topological polar surface area (TPSA) is 76.1 Å². The summed E-state index contributed by atoms with van der Waals surface area (Å²) < 4.78 is 10.6. The first-order valence-corrected chi connectivity index (χ1v) is 9.66. The molecule has 0 aliphatic heterocycles. The zero-order valence-electron chi connectivity index (χ0n) is 17.4. The molecule has 0 unspecified atom stereocenters. The minimum absolute atomic E-state index is 0.193. The first kappa shape index (κ1) is 22.4. The predicted octanol–water partition coefficient (Wildman–Crippen LogP) is 4.26. The second kappa shape index (κ2) is 10.1. The standard InChI is InChI=1S/C23H29NO5/c1-5-28-19(25)16-24(22(27)29-23(2,3)4)20(17-12-8-6-9-13-17)21(26)18-14-10-7-11-15-18/h6-15,20-21,26H,5,16H2,1-4H3/t20-,21+/m1/s1. The Bertz CT molecular complexity index is 786. The van der Waals surface area contributed by atoms with Crippen molar-refractivity contribution in [2.24, 2.45) is 0 Å². The van der Waals surface area contributed by atoms with Crippen molar-refractivity contribution < 1.29 is 24.2 Å². The van der Waals surface area contributed by atoms with Crippen molar-refractivity contribution in [1.29, 1.82) is 0 Å². The molecule has 2 rings (SSSR count). The highest BCUT2D eigenvalue weighted by atomic mass is 16.6. The van der Waals surface area contributed by atoms with Crippen molar-refractivity contribution in [3.8, 4) is 0 Å². The number of esters is 1. The van der Waals surface area contributed by atoms with Crippen LogP contribution >= 0.6 is 0 Å². The van der Waals surface area contributed by atoms with Gasteiger partial charge in [0.15, 0.2) is 0 Å². The van der Waals surface area contributed by atoms with Crippen LogP contribution in [0, 0.1) is 0 Å². The fourth-order valence-electron chi connectivity index (χ4n) is 2.96. The van der Waals surface area contributed by atoms with Crippen LogP contribution < -0.4 is 0 Å². The van der Waals surface area contributed by atoms with Crippen LogP contribution in [-0.2, 0) is 14.3 Å². The van der Waals surface area contributed by atoms with E-state index in [1.807, 2.05) is 36.4 Å². The zero-order chi connectivity index (χ0) is 21.4. The van der Waals surface area contributed by atoms with Gasteiger partial charge in [-0.2, -0.15) is 0 Å². The summed E-state index contributed by atoms with van der Waals surface area (Å²) >= 11 is 0. The van der Waals surface area contributed by atoms with Gasteiger partial charge >= 0.3 is 12.1 Å². The van der Waals surface area contributed by atoms with E-state index in [1.165, 1.54) is 4.90 Å². The molecule has 2 atom stereocenters. The molecule has 29 heavy (non-hydrogen) atoms. The molecule has 6 nitrogen and oxygen atoms in total. The van der Waals surface area contributed by atoms with E-state index in [-0.39, 0.29) is 13.2 Å². The molecule has 6 heteroatoms. The van der Waals surface area contributed by atoms with Gasteiger partial charge in [0, 0.05) is 0 Å². The average molecular weight is 399 g/mol. The van der Waals surface area contributed by atoms with E-state index in [9.17, 15) is 14.7 Å². The minimum Gasteiger partial charge on any atom is -0.465 e. The lowest BCUT2D eigenvalue weighted by Gasteiger charge is -2.36. The highest BCUT2D eigenvalue weighted by molar-refractivity contribution is 5.78. The van der Waals surface area contributed by atoms with Crippen molar-refractivity contribution in [3.63, 3.8) is 0 Å². The summed E-state index contributed by atoms with van der Waals surface area (Å²) in [7, 11) is 0. The number of amides is 1. The largest absolute Gasteiger partial charge is 0.465 e. The van der Waals surface area contributed by atoms with Crippen molar-refractivity contribution >= 4 is 12.1 Å². The number of carbonyl (C=O) groups excluding carboxylic acids is 2. The first-order chi connectivity index (χ1) is 13.7. The minimum atomic E-state index is -1.07. The molecule has 0 aliphatic carbocycles. The highest BCUT2D eigenvalue weighted by Crippen LogP contribution is 2.35. The van der Waals surface area contributed by atoms with Crippen LogP contribution in [0.2, 0.25) is 0 Å². The van der Waals surface area contributed by atoms with Gasteiger partial charge < -0.3 is 14.6 Å². The number of benzene rings is 2. The van der Waals surface area contributed by atoms with E-state index in [0.717, 1.165) is 0 Å². The van der Waals surface area contributed by atoms with Crippen molar-refractivity contribution in [3.05, 3.63) is 71.8 Å². The number of aliphatic hydroxyl groups excluding tert-OH is 1. The van der Waals surface area contributed by atoms with Gasteiger partial charge in [-0.05, 0) is 38.8 Å². The Hall–Kier alpha value is -2.86. The number of nitrogens with zero attached hydrogens (tertiary/aromatic N) is 1. The molecule has 0 saturated carbocycles.